The van der Waals surface area contributed by atoms with Crippen molar-refractivity contribution in [2.45, 2.75) is 24.7 Å². The summed E-state index contributed by atoms with van der Waals surface area (Å²) in [5, 5.41) is 1.54. The highest BCUT2D eigenvalue weighted by atomic mass is 32.2. The maximum atomic E-state index is 13.1. The topological polar surface area (TPSA) is 57.7 Å². The van der Waals surface area contributed by atoms with Crippen LogP contribution in [0.25, 0.3) is 10.8 Å². The van der Waals surface area contributed by atoms with Crippen LogP contribution in [-0.2, 0) is 14.8 Å². The Bertz CT molecular complexity index is 1180. The van der Waals surface area contributed by atoms with Crippen molar-refractivity contribution in [3.8, 4) is 0 Å². The van der Waals surface area contributed by atoms with Crippen molar-refractivity contribution in [1.82, 2.24) is 0 Å². The third-order valence-electron chi connectivity index (χ3n) is 5.26. The zero-order valence-electron chi connectivity index (χ0n) is 16.1. The van der Waals surface area contributed by atoms with Gasteiger partial charge in [-0.1, -0.05) is 50.2 Å². The SMILES string of the molecule is CC(C)c1cccc(N(C)C(=O)CN2c3cccc4cccc(c34)S2(=O)=O)c1. The lowest BCUT2D eigenvalue weighted by molar-refractivity contribution is -0.116. The van der Waals surface area contributed by atoms with Crippen molar-refractivity contribution in [3.63, 3.8) is 0 Å². The van der Waals surface area contributed by atoms with Crippen molar-refractivity contribution in [2.75, 3.05) is 22.8 Å². The van der Waals surface area contributed by atoms with E-state index in [0.717, 1.165) is 16.6 Å². The number of carbonyl (C=O) groups excluding carboxylic acids is 1. The fraction of sp³-hybridized carbons (Fsp3) is 0.227. The van der Waals surface area contributed by atoms with Gasteiger partial charge in [0.15, 0.2) is 0 Å². The van der Waals surface area contributed by atoms with Crippen LogP contribution in [0.3, 0.4) is 0 Å². The van der Waals surface area contributed by atoms with Gasteiger partial charge >= 0.3 is 0 Å². The lowest BCUT2D eigenvalue weighted by Crippen LogP contribution is -2.40. The third-order valence-corrected chi connectivity index (χ3v) is 7.06. The minimum Gasteiger partial charge on any atom is -0.314 e. The lowest BCUT2D eigenvalue weighted by Gasteiger charge is -2.23. The van der Waals surface area contributed by atoms with Gasteiger partial charge in [0, 0.05) is 18.1 Å². The summed E-state index contributed by atoms with van der Waals surface area (Å²) < 4.78 is 27.3. The molecule has 0 unspecified atom stereocenters. The van der Waals surface area contributed by atoms with Crippen molar-refractivity contribution >= 4 is 38.1 Å². The number of sulfonamides is 1. The fourth-order valence-electron chi connectivity index (χ4n) is 3.59. The second kappa shape index (κ2) is 6.63. The van der Waals surface area contributed by atoms with Crippen LogP contribution in [-0.4, -0.2) is 27.9 Å². The van der Waals surface area contributed by atoms with Crippen LogP contribution < -0.4 is 9.21 Å². The lowest BCUT2D eigenvalue weighted by atomic mass is 10.0. The van der Waals surface area contributed by atoms with Gasteiger partial charge in [0.2, 0.25) is 5.91 Å². The van der Waals surface area contributed by atoms with Crippen LogP contribution in [0.1, 0.15) is 25.3 Å². The van der Waals surface area contributed by atoms with Crippen LogP contribution in [0.4, 0.5) is 11.4 Å². The van der Waals surface area contributed by atoms with Crippen molar-refractivity contribution in [2.24, 2.45) is 0 Å². The molecule has 0 fully saturated rings. The Balaban J connectivity index is 1.67. The number of nitrogens with zero attached hydrogens (tertiary/aromatic N) is 2. The van der Waals surface area contributed by atoms with Gasteiger partial charge < -0.3 is 4.90 Å². The Morgan fingerprint density at radius 1 is 1.04 bits per heavy atom. The monoisotopic (exact) mass is 394 g/mol. The highest BCUT2D eigenvalue weighted by Crippen LogP contribution is 2.41. The van der Waals surface area contributed by atoms with Gasteiger partial charge in [-0.3, -0.25) is 9.10 Å². The second-order valence-electron chi connectivity index (χ2n) is 7.35. The average molecular weight is 394 g/mol. The molecule has 5 nitrogen and oxygen atoms in total. The molecular formula is C22H22N2O3S. The molecule has 28 heavy (non-hydrogen) atoms. The van der Waals surface area contributed by atoms with E-state index in [1.807, 2.05) is 42.5 Å². The Morgan fingerprint density at radius 3 is 2.43 bits per heavy atom. The van der Waals surface area contributed by atoms with Crippen LogP contribution in [0, 0.1) is 0 Å². The maximum Gasteiger partial charge on any atom is 0.265 e. The van der Waals surface area contributed by atoms with Crippen molar-refractivity contribution in [3.05, 3.63) is 66.2 Å². The van der Waals surface area contributed by atoms with Crippen molar-refractivity contribution < 1.29 is 13.2 Å². The normalized spacial score (nSPS) is 14.6. The quantitative estimate of drug-likeness (QED) is 0.668. The summed E-state index contributed by atoms with van der Waals surface area (Å²) >= 11 is 0. The molecule has 0 N–H and O–H groups in total. The molecule has 1 aliphatic rings. The molecule has 0 saturated carbocycles. The summed E-state index contributed by atoms with van der Waals surface area (Å²) in [6, 6.07) is 18.4. The molecule has 4 rings (SSSR count). The molecule has 1 heterocycles. The molecule has 3 aromatic carbocycles. The summed E-state index contributed by atoms with van der Waals surface area (Å²) in [7, 11) is -2.07. The standard InChI is InChI=1S/C22H22N2O3S/c1-15(2)17-9-4-10-18(13-17)23(3)21(25)14-24-19-11-5-7-16-8-6-12-20(22(16)19)28(24,26)27/h4-13,15H,14H2,1-3H3. The number of benzene rings is 3. The fourth-order valence-corrected chi connectivity index (χ4v) is 5.25. The molecule has 6 heteroatoms. The Hall–Kier alpha value is -2.86. The van der Waals surface area contributed by atoms with Crippen LogP contribution in [0.15, 0.2) is 65.6 Å². The second-order valence-corrected chi connectivity index (χ2v) is 9.18. The molecule has 0 bridgehead atoms. The summed E-state index contributed by atoms with van der Waals surface area (Å²) in [6.45, 7) is 3.95. The Kier molecular flexibility index (Phi) is 4.38. The van der Waals surface area contributed by atoms with E-state index in [-0.39, 0.29) is 17.3 Å². The van der Waals surface area contributed by atoms with Crippen LogP contribution >= 0.6 is 0 Å². The number of amides is 1. The molecule has 0 aromatic heterocycles. The van der Waals surface area contributed by atoms with Crippen LogP contribution in [0.2, 0.25) is 0 Å². The predicted octanol–water partition coefficient (Wildman–Crippen LogP) is 4.13. The van der Waals surface area contributed by atoms with E-state index in [4.69, 9.17) is 0 Å². The summed E-state index contributed by atoms with van der Waals surface area (Å²) in [4.78, 5) is 14.7. The molecule has 1 aliphatic heterocycles. The summed E-state index contributed by atoms with van der Waals surface area (Å²) in [5.41, 5.74) is 2.44. The predicted molar refractivity (Wildman–Crippen MR) is 112 cm³/mol. The van der Waals surface area contributed by atoms with Gasteiger partial charge in [0.05, 0.1) is 10.6 Å². The van der Waals surface area contributed by atoms with E-state index in [2.05, 4.69) is 13.8 Å². The minimum absolute atomic E-state index is 0.238. The van der Waals surface area contributed by atoms with Gasteiger partial charge in [-0.15, -0.1) is 0 Å². The van der Waals surface area contributed by atoms with Gasteiger partial charge in [-0.2, -0.15) is 0 Å². The van der Waals surface area contributed by atoms with Gasteiger partial charge in [0.25, 0.3) is 10.0 Å². The first-order chi connectivity index (χ1) is 13.3. The number of carbonyl (C=O) groups is 1. The highest BCUT2D eigenvalue weighted by molar-refractivity contribution is 7.93. The Labute approximate surface area is 165 Å². The number of anilines is 2. The highest BCUT2D eigenvalue weighted by Gasteiger charge is 2.37. The smallest absolute Gasteiger partial charge is 0.265 e. The summed E-state index contributed by atoms with van der Waals surface area (Å²) in [5.74, 6) is 0.0591. The Morgan fingerprint density at radius 2 is 1.71 bits per heavy atom. The molecule has 1 amide bonds. The molecule has 0 atom stereocenters. The van der Waals surface area contributed by atoms with Gasteiger partial charge in [0.1, 0.15) is 6.54 Å². The number of likely N-dealkylation sites (N-methyl/N-ethyl adjacent to an activating group) is 1. The van der Waals surface area contributed by atoms with Crippen molar-refractivity contribution in [1.29, 1.82) is 0 Å². The zero-order chi connectivity index (χ0) is 20.1. The minimum atomic E-state index is -3.74. The maximum absolute atomic E-state index is 13.1. The molecule has 0 saturated heterocycles. The largest absolute Gasteiger partial charge is 0.314 e. The first-order valence-corrected chi connectivity index (χ1v) is 10.7. The average Bonchev–Trinajstić information content (AvgIpc) is 2.91. The molecule has 3 aromatic rings. The molecule has 144 valence electrons. The molecule has 0 aliphatic carbocycles. The zero-order valence-corrected chi connectivity index (χ0v) is 16.9. The summed E-state index contributed by atoms with van der Waals surface area (Å²) in [6.07, 6.45) is 0. The van der Waals surface area contributed by atoms with Gasteiger partial charge in [-0.05, 0) is 41.1 Å². The number of rotatable bonds is 4. The van der Waals surface area contributed by atoms with E-state index in [0.29, 0.717) is 17.0 Å². The van der Waals surface area contributed by atoms with Gasteiger partial charge in [-0.25, -0.2) is 8.42 Å². The molecular weight excluding hydrogens is 372 g/mol. The molecule has 0 radical (unpaired) electrons. The first kappa shape index (κ1) is 18.5. The van der Waals surface area contributed by atoms with E-state index >= 15 is 0 Å². The number of hydrogen-bond acceptors (Lipinski definition) is 3. The van der Waals surface area contributed by atoms with E-state index < -0.39 is 10.0 Å². The van der Waals surface area contributed by atoms with E-state index in [1.54, 1.807) is 25.2 Å². The van der Waals surface area contributed by atoms with E-state index in [1.165, 1.54) is 9.21 Å². The molecule has 0 spiro atoms. The number of hydrogen-bond donors (Lipinski definition) is 0. The first-order valence-electron chi connectivity index (χ1n) is 9.21. The van der Waals surface area contributed by atoms with Crippen LogP contribution in [0.5, 0.6) is 0 Å². The third kappa shape index (κ3) is 2.85. The van der Waals surface area contributed by atoms with E-state index in [9.17, 15) is 13.2 Å².